The van der Waals surface area contributed by atoms with Gasteiger partial charge in [0.1, 0.15) is 0 Å². The maximum atomic E-state index is 11.7. The average molecular weight is 294 g/mol. The van der Waals surface area contributed by atoms with Gasteiger partial charge in [0.2, 0.25) is 0 Å². The van der Waals surface area contributed by atoms with Gasteiger partial charge in [0.05, 0.1) is 0 Å². The number of nitrogens with zero attached hydrogens (tertiary/aromatic N) is 1. The summed E-state index contributed by atoms with van der Waals surface area (Å²) in [7, 11) is -3.79. The van der Waals surface area contributed by atoms with Crippen LogP contribution in [0.4, 0.5) is 0 Å². The van der Waals surface area contributed by atoms with Gasteiger partial charge >= 0.3 is 0 Å². The van der Waals surface area contributed by atoms with E-state index in [2.05, 4.69) is 0 Å². The van der Waals surface area contributed by atoms with E-state index in [0.717, 1.165) is 4.31 Å². The summed E-state index contributed by atoms with van der Waals surface area (Å²) in [5, 5.41) is 10.2. The molecule has 15 heavy (non-hydrogen) atoms. The van der Waals surface area contributed by atoms with Crippen LogP contribution in [0.1, 0.15) is 13.8 Å². The molecular formula is C4H15N4O3PS3. The van der Waals surface area contributed by atoms with Crippen LogP contribution in [0.15, 0.2) is 0 Å². The first-order chi connectivity index (χ1) is 6.85. The molecule has 0 aliphatic rings. The second-order valence-electron chi connectivity index (χ2n) is 2.39. The van der Waals surface area contributed by atoms with Crippen molar-refractivity contribution in [3.63, 3.8) is 0 Å². The molecule has 0 aromatic carbocycles. The molecule has 0 saturated carbocycles. The number of hydrogen-bond donors (Lipinski definition) is 3. The molecule has 0 rings (SSSR count). The zero-order valence-corrected chi connectivity index (χ0v) is 11.8. The molecule has 0 amide bonds. The summed E-state index contributed by atoms with van der Waals surface area (Å²) in [5.74, 6) is 0. The third-order valence-electron chi connectivity index (χ3n) is 1.55. The average Bonchev–Trinajstić information content (AvgIpc) is 2.18. The molecular weight excluding hydrogens is 279 g/mol. The molecule has 0 unspecified atom stereocenters. The lowest BCUT2D eigenvalue weighted by Crippen LogP contribution is -2.38. The van der Waals surface area contributed by atoms with E-state index >= 15 is 0 Å². The van der Waals surface area contributed by atoms with Crippen LogP contribution in [-0.4, -0.2) is 25.8 Å². The Balaban J connectivity index is 4.85. The SMILES string of the molecule is CCN(CC)S(=O)(=O)NP(=O)(SN)SN. The Bertz CT molecular complexity index is 322. The highest BCUT2D eigenvalue weighted by Gasteiger charge is 2.31. The predicted octanol–water partition coefficient (Wildman–Crippen LogP) is 0.484. The minimum absolute atomic E-state index is 0.288. The fourth-order valence-corrected chi connectivity index (χ4v) is 6.56. The van der Waals surface area contributed by atoms with Crippen molar-refractivity contribution >= 4 is 39.0 Å². The Hall–Kier alpha value is 0.720. The summed E-state index contributed by atoms with van der Waals surface area (Å²) in [6, 6.07) is 0. The van der Waals surface area contributed by atoms with Crippen LogP contribution < -0.4 is 14.8 Å². The molecule has 0 aromatic rings. The summed E-state index contributed by atoms with van der Waals surface area (Å²) in [6.07, 6.45) is 0. The van der Waals surface area contributed by atoms with Crippen LogP contribution in [0.2, 0.25) is 0 Å². The quantitative estimate of drug-likeness (QED) is 0.461. The van der Waals surface area contributed by atoms with Crippen molar-refractivity contribution in [2.75, 3.05) is 13.1 Å². The Morgan fingerprint density at radius 2 is 1.67 bits per heavy atom. The normalized spacial score (nSPS) is 13.4. The van der Waals surface area contributed by atoms with E-state index in [1.54, 1.807) is 13.8 Å². The lowest BCUT2D eigenvalue weighted by atomic mass is 10.7. The van der Waals surface area contributed by atoms with E-state index in [0.29, 0.717) is 23.1 Å². The van der Waals surface area contributed by atoms with Crippen LogP contribution >= 0.6 is 28.8 Å². The number of nitrogens with one attached hydrogen (secondary N) is 1. The van der Waals surface area contributed by atoms with E-state index in [-0.39, 0.29) is 13.1 Å². The van der Waals surface area contributed by atoms with Crippen molar-refractivity contribution in [1.29, 1.82) is 0 Å². The molecule has 7 nitrogen and oxygen atoms in total. The van der Waals surface area contributed by atoms with Gasteiger partial charge in [-0.25, -0.2) is 0 Å². The lowest BCUT2D eigenvalue weighted by Gasteiger charge is -2.21. The van der Waals surface area contributed by atoms with E-state index in [9.17, 15) is 13.0 Å². The monoisotopic (exact) mass is 294 g/mol. The second kappa shape index (κ2) is 6.45. The van der Waals surface area contributed by atoms with Crippen LogP contribution in [0.3, 0.4) is 0 Å². The van der Waals surface area contributed by atoms with E-state index < -0.39 is 15.9 Å². The Labute approximate surface area is 98.1 Å². The third-order valence-corrected chi connectivity index (χ3v) is 9.67. The molecule has 0 bridgehead atoms. The van der Waals surface area contributed by atoms with Gasteiger partial charge < -0.3 is 0 Å². The molecule has 0 aliphatic heterocycles. The minimum Gasteiger partial charge on any atom is -0.279 e. The highest BCUT2D eigenvalue weighted by molar-refractivity contribution is 8.89. The second-order valence-corrected chi connectivity index (χ2v) is 11.0. The fraction of sp³-hybridized carbons (Fsp3) is 1.00. The third kappa shape index (κ3) is 4.61. The maximum absolute atomic E-state index is 11.7. The van der Waals surface area contributed by atoms with Gasteiger partial charge in [0, 0.05) is 36.2 Å². The lowest BCUT2D eigenvalue weighted by molar-refractivity contribution is 0.442. The molecule has 5 N–H and O–H groups in total. The van der Waals surface area contributed by atoms with Gasteiger partial charge in [-0.15, -0.1) is 4.49 Å². The highest BCUT2D eigenvalue weighted by Crippen LogP contribution is 2.60. The van der Waals surface area contributed by atoms with Crippen molar-refractivity contribution < 1.29 is 13.0 Å². The molecule has 0 atom stereocenters. The molecule has 0 spiro atoms. The standard InChI is InChI=1S/C4H15N4O3PS3/c1-3-8(4-2)15(10,11)7-12(9,13-5)14-6/h3-6H2,1-2H3,(H,7,9). The number of nitrogens with two attached hydrogens (primary N) is 2. The van der Waals surface area contributed by atoms with Crippen molar-refractivity contribution in [2.24, 2.45) is 10.3 Å². The van der Waals surface area contributed by atoms with Crippen LogP contribution in [-0.2, 0) is 14.8 Å². The zero-order valence-electron chi connectivity index (χ0n) is 8.41. The van der Waals surface area contributed by atoms with Gasteiger partial charge in [-0.1, -0.05) is 13.8 Å². The summed E-state index contributed by atoms with van der Waals surface area (Å²) < 4.78 is 38.1. The first-order valence-corrected chi connectivity index (χ1v) is 10.1. The number of hydrogen-bond acceptors (Lipinski definition) is 7. The maximum Gasteiger partial charge on any atom is 0.297 e. The van der Waals surface area contributed by atoms with Crippen molar-refractivity contribution in [3.05, 3.63) is 0 Å². The van der Waals surface area contributed by atoms with E-state index in [1.807, 2.05) is 4.49 Å². The molecule has 0 heterocycles. The molecule has 0 saturated heterocycles. The van der Waals surface area contributed by atoms with Crippen molar-refractivity contribution in [3.8, 4) is 0 Å². The molecule has 0 radical (unpaired) electrons. The summed E-state index contributed by atoms with van der Waals surface area (Å²) in [5.41, 5.74) is -3.37. The van der Waals surface area contributed by atoms with Crippen LogP contribution in [0.25, 0.3) is 0 Å². The topological polar surface area (TPSA) is 119 Å². The minimum atomic E-state index is -3.79. The van der Waals surface area contributed by atoms with Gasteiger partial charge in [0.25, 0.3) is 15.9 Å². The molecule has 0 fully saturated rings. The summed E-state index contributed by atoms with van der Waals surface area (Å²) >= 11 is 0.828. The Morgan fingerprint density at radius 3 is 1.93 bits per heavy atom. The predicted molar refractivity (Wildman–Crippen MR) is 66.1 cm³/mol. The highest BCUT2D eigenvalue weighted by atomic mass is 33.1. The first kappa shape index (κ1) is 15.7. The number of rotatable bonds is 7. The van der Waals surface area contributed by atoms with Crippen LogP contribution in [0, 0.1) is 0 Å². The molecule has 92 valence electrons. The van der Waals surface area contributed by atoms with Crippen molar-refractivity contribution in [2.45, 2.75) is 13.8 Å². The van der Waals surface area contributed by atoms with Gasteiger partial charge in [0.15, 0.2) is 0 Å². The zero-order chi connectivity index (χ0) is 12.1. The molecule has 0 aromatic heterocycles. The molecule has 11 heteroatoms. The smallest absolute Gasteiger partial charge is 0.279 e. The molecule has 0 aliphatic carbocycles. The first-order valence-electron chi connectivity index (χ1n) is 4.01. The van der Waals surface area contributed by atoms with Crippen molar-refractivity contribution in [1.82, 2.24) is 8.80 Å². The van der Waals surface area contributed by atoms with Gasteiger partial charge in [-0.2, -0.15) is 12.7 Å². The summed E-state index contributed by atoms with van der Waals surface area (Å²) in [4.78, 5) is 0. The van der Waals surface area contributed by atoms with Gasteiger partial charge in [-0.05, 0) is 0 Å². The summed E-state index contributed by atoms with van der Waals surface area (Å²) in [6.45, 7) is 3.93. The Kier molecular flexibility index (Phi) is 6.76. The van der Waals surface area contributed by atoms with Gasteiger partial charge in [-0.3, -0.25) is 14.8 Å². The van der Waals surface area contributed by atoms with E-state index in [1.165, 1.54) is 0 Å². The van der Waals surface area contributed by atoms with Crippen LogP contribution in [0.5, 0.6) is 0 Å². The Morgan fingerprint density at radius 1 is 1.27 bits per heavy atom. The van der Waals surface area contributed by atoms with E-state index in [4.69, 9.17) is 10.3 Å². The fourth-order valence-electron chi connectivity index (χ4n) is 0.830. The largest absolute Gasteiger partial charge is 0.297 e.